The lowest BCUT2D eigenvalue weighted by Crippen LogP contribution is -2.36. The summed E-state index contributed by atoms with van der Waals surface area (Å²) in [6.07, 6.45) is 0.742. The van der Waals surface area contributed by atoms with Crippen LogP contribution in [0.1, 0.15) is 31.9 Å². The van der Waals surface area contributed by atoms with Crippen LogP contribution in [-0.2, 0) is 14.3 Å². The molecule has 20 heavy (non-hydrogen) atoms. The number of aliphatic carboxylic acids is 1. The van der Waals surface area contributed by atoms with Crippen molar-refractivity contribution < 1.29 is 19.4 Å². The quantitative estimate of drug-likeness (QED) is 0.810. The van der Waals surface area contributed by atoms with E-state index in [2.05, 4.69) is 5.32 Å². The van der Waals surface area contributed by atoms with Crippen molar-refractivity contribution >= 4 is 23.5 Å². The Hall–Kier alpha value is -1.59. The van der Waals surface area contributed by atoms with Gasteiger partial charge in [0.25, 0.3) is 0 Å². The summed E-state index contributed by atoms with van der Waals surface area (Å²) in [6.45, 7) is 3.63. The van der Waals surface area contributed by atoms with Crippen molar-refractivity contribution in [1.82, 2.24) is 5.32 Å². The van der Waals surface area contributed by atoms with Crippen molar-refractivity contribution in [3.63, 3.8) is 0 Å². The summed E-state index contributed by atoms with van der Waals surface area (Å²) in [5.74, 6) is -1.60. The Morgan fingerprint density at radius 1 is 1.35 bits per heavy atom. The molecule has 2 atom stereocenters. The molecular weight excluding hydrogens is 282 g/mol. The Bertz CT molecular complexity index is 461. The molecule has 0 saturated carbocycles. The van der Waals surface area contributed by atoms with Crippen molar-refractivity contribution in [3.8, 4) is 0 Å². The van der Waals surface area contributed by atoms with Crippen LogP contribution in [0.5, 0.6) is 0 Å². The molecule has 1 aromatic carbocycles. The number of hydrogen-bond donors (Lipinski definition) is 2. The summed E-state index contributed by atoms with van der Waals surface area (Å²) < 4.78 is 5.26. The number of carbonyl (C=O) groups is 2. The molecule has 0 spiro atoms. The number of carboxylic acids is 1. The number of carboxylic acid groups (broad SMARTS) is 1. The molecule has 0 heterocycles. The molecular formula is C14H18ClNO4. The third-order valence-corrected chi connectivity index (χ3v) is 3.08. The minimum absolute atomic E-state index is 0.0421. The van der Waals surface area contributed by atoms with E-state index < -0.39 is 17.9 Å². The minimum atomic E-state index is -1.13. The molecule has 0 aromatic heterocycles. The monoisotopic (exact) mass is 299 g/mol. The molecule has 2 N–H and O–H groups in total. The van der Waals surface area contributed by atoms with Gasteiger partial charge in [0, 0.05) is 5.02 Å². The predicted octanol–water partition coefficient (Wildman–Crippen LogP) is 2.40. The van der Waals surface area contributed by atoms with Crippen molar-refractivity contribution in [2.24, 2.45) is 0 Å². The van der Waals surface area contributed by atoms with Crippen LogP contribution in [0.3, 0.4) is 0 Å². The Morgan fingerprint density at radius 3 is 2.45 bits per heavy atom. The summed E-state index contributed by atoms with van der Waals surface area (Å²) in [6, 6.07) is 5.18. The number of nitrogens with one attached hydrogen (secondary N) is 1. The van der Waals surface area contributed by atoms with Gasteiger partial charge in [-0.3, -0.25) is 4.79 Å². The normalized spacial score (nSPS) is 13.6. The molecule has 1 rings (SSSR count). The second-order valence-electron chi connectivity index (χ2n) is 4.42. The van der Waals surface area contributed by atoms with E-state index in [1.165, 1.54) is 0 Å². The van der Waals surface area contributed by atoms with Crippen LogP contribution in [0, 0.1) is 0 Å². The third-order valence-electron chi connectivity index (χ3n) is 2.83. The Balaban J connectivity index is 2.66. The molecule has 1 aromatic rings. The summed E-state index contributed by atoms with van der Waals surface area (Å²) >= 11 is 5.75. The van der Waals surface area contributed by atoms with Gasteiger partial charge in [-0.1, -0.05) is 30.7 Å². The zero-order valence-corrected chi connectivity index (χ0v) is 12.2. The molecule has 0 fully saturated rings. The van der Waals surface area contributed by atoms with Gasteiger partial charge < -0.3 is 15.2 Å². The molecule has 0 bridgehead atoms. The smallest absolute Gasteiger partial charge is 0.330 e. The van der Waals surface area contributed by atoms with Crippen molar-refractivity contribution in [1.29, 1.82) is 0 Å². The van der Waals surface area contributed by atoms with E-state index >= 15 is 0 Å². The lowest BCUT2D eigenvalue weighted by atomic mass is 10.1. The van der Waals surface area contributed by atoms with E-state index in [-0.39, 0.29) is 12.7 Å². The Kier molecular flexibility index (Phi) is 6.48. The lowest BCUT2D eigenvalue weighted by molar-refractivity contribution is -0.143. The first-order valence-electron chi connectivity index (χ1n) is 6.33. The number of ether oxygens (including phenoxy) is 1. The van der Waals surface area contributed by atoms with Crippen LogP contribution >= 0.6 is 11.6 Å². The average Bonchev–Trinajstić information content (AvgIpc) is 2.43. The van der Waals surface area contributed by atoms with E-state index in [1.54, 1.807) is 24.3 Å². The zero-order chi connectivity index (χ0) is 15.1. The van der Waals surface area contributed by atoms with Crippen LogP contribution in [0.4, 0.5) is 0 Å². The van der Waals surface area contributed by atoms with E-state index in [9.17, 15) is 14.7 Å². The molecule has 0 aliphatic carbocycles. The molecule has 0 aliphatic heterocycles. The maximum absolute atomic E-state index is 11.7. The molecule has 0 saturated heterocycles. The highest BCUT2D eigenvalue weighted by atomic mass is 35.5. The fourth-order valence-corrected chi connectivity index (χ4v) is 1.61. The number of hydrogen-bond acceptors (Lipinski definition) is 3. The highest BCUT2D eigenvalue weighted by molar-refractivity contribution is 6.30. The van der Waals surface area contributed by atoms with Crippen molar-refractivity contribution in [2.75, 3.05) is 6.61 Å². The highest BCUT2D eigenvalue weighted by Crippen LogP contribution is 2.16. The van der Waals surface area contributed by atoms with Crippen LogP contribution in [0.15, 0.2) is 24.3 Å². The van der Waals surface area contributed by atoms with Gasteiger partial charge in [0.15, 0.2) is 6.04 Å². The maximum Gasteiger partial charge on any atom is 0.330 e. The van der Waals surface area contributed by atoms with E-state index in [0.717, 1.165) is 6.42 Å². The van der Waals surface area contributed by atoms with Gasteiger partial charge >= 0.3 is 5.97 Å². The molecule has 5 nitrogen and oxygen atoms in total. The van der Waals surface area contributed by atoms with E-state index in [4.69, 9.17) is 16.3 Å². The second-order valence-corrected chi connectivity index (χ2v) is 4.86. The molecule has 2 unspecified atom stereocenters. The topological polar surface area (TPSA) is 75.6 Å². The molecule has 6 heteroatoms. The fourth-order valence-electron chi connectivity index (χ4n) is 1.48. The van der Waals surface area contributed by atoms with Gasteiger partial charge in [-0.05, 0) is 31.0 Å². The van der Waals surface area contributed by atoms with Gasteiger partial charge in [0.05, 0.1) is 6.10 Å². The molecule has 110 valence electrons. The summed E-state index contributed by atoms with van der Waals surface area (Å²) in [7, 11) is 0. The van der Waals surface area contributed by atoms with Gasteiger partial charge in [-0.25, -0.2) is 4.79 Å². The number of rotatable bonds is 7. The van der Waals surface area contributed by atoms with Crippen LogP contribution in [-0.4, -0.2) is 29.7 Å². The van der Waals surface area contributed by atoms with Crippen LogP contribution < -0.4 is 5.32 Å². The summed E-state index contributed by atoms with van der Waals surface area (Å²) in [4.78, 5) is 22.9. The van der Waals surface area contributed by atoms with Gasteiger partial charge in [-0.15, -0.1) is 0 Å². The molecule has 0 radical (unpaired) electrons. The van der Waals surface area contributed by atoms with Crippen molar-refractivity contribution in [2.45, 2.75) is 32.4 Å². The lowest BCUT2D eigenvalue weighted by Gasteiger charge is -2.16. The highest BCUT2D eigenvalue weighted by Gasteiger charge is 2.22. The largest absolute Gasteiger partial charge is 0.479 e. The standard InChI is InChI=1S/C14H18ClNO4/c1-3-9(2)20-8-12(17)16-13(14(18)19)10-4-6-11(15)7-5-10/h4-7,9,13H,3,8H2,1-2H3,(H,16,17)(H,18,19). The Labute approximate surface area is 122 Å². The molecule has 0 aliphatic rings. The minimum Gasteiger partial charge on any atom is -0.479 e. The number of amides is 1. The first-order valence-corrected chi connectivity index (χ1v) is 6.71. The van der Waals surface area contributed by atoms with Gasteiger partial charge in [0.2, 0.25) is 5.91 Å². The van der Waals surface area contributed by atoms with Gasteiger partial charge in [0.1, 0.15) is 6.61 Å². The van der Waals surface area contributed by atoms with E-state index in [0.29, 0.717) is 10.6 Å². The zero-order valence-electron chi connectivity index (χ0n) is 11.4. The molecule has 1 amide bonds. The van der Waals surface area contributed by atoms with E-state index in [1.807, 2.05) is 13.8 Å². The summed E-state index contributed by atoms with van der Waals surface area (Å²) in [5, 5.41) is 12.1. The first kappa shape index (κ1) is 16.5. The maximum atomic E-state index is 11.7. The van der Waals surface area contributed by atoms with Crippen molar-refractivity contribution in [3.05, 3.63) is 34.9 Å². The number of benzene rings is 1. The third kappa shape index (κ3) is 5.19. The van der Waals surface area contributed by atoms with Gasteiger partial charge in [-0.2, -0.15) is 0 Å². The SMILES string of the molecule is CCC(C)OCC(=O)NC(C(=O)O)c1ccc(Cl)cc1. The predicted molar refractivity (Wildman–Crippen MR) is 75.7 cm³/mol. The number of halogens is 1. The number of carbonyl (C=O) groups excluding carboxylic acids is 1. The Morgan fingerprint density at radius 2 is 1.95 bits per heavy atom. The summed E-state index contributed by atoms with van der Waals surface area (Å²) in [5.41, 5.74) is 0.457. The van der Waals surface area contributed by atoms with Crippen LogP contribution in [0.25, 0.3) is 0 Å². The second kappa shape index (κ2) is 7.87. The average molecular weight is 300 g/mol. The van der Waals surface area contributed by atoms with Crippen LogP contribution in [0.2, 0.25) is 5.02 Å². The first-order chi connectivity index (χ1) is 9.43. The fraction of sp³-hybridized carbons (Fsp3) is 0.429.